The van der Waals surface area contributed by atoms with Crippen molar-refractivity contribution < 1.29 is 52.5 Å². The van der Waals surface area contributed by atoms with Crippen LogP contribution in [-0.2, 0) is 42.3 Å². The van der Waals surface area contributed by atoms with Gasteiger partial charge in [-0.3, -0.25) is 9.59 Å². The Hall–Kier alpha value is -0.426. The van der Waals surface area contributed by atoms with Gasteiger partial charge >= 0.3 is 33.7 Å². The van der Waals surface area contributed by atoms with E-state index >= 15 is 0 Å². The molecule has 7 heteroatoms. The molecule has 0 saturated heterocycles. The van der Waals surface area contributed by atoms with Crippen molar-refractivity contribution in [1.82, 2.24) is 0 Å². The second kappa shape index (κ2) is 13.2. The van der Waals surface area contributed by atoms with Crippen molar-refractivity contribution >= 4 is 11.9 Å². The molecule has 0 aliphatic carbocycles. The van der Waals surface area contributed by atoms with E-state index in [9.17, 15) is 9.59 Å². The van der Waals surface area contributed by atoms with Gasteiger partial charge in [0.2, 0.25) is 0 Å². The topological polar surface area (TPSA) is 132 Å². The smallest absolute Gasteiger partial charge is 2.00 e. The summed E-state index contributed by atoms with van der Waals surface area (Å²) >= 11 is 0. The first-order valence-electron chi connectivity index (χ1n) is 2.56. The molecule has 0 unspecified atom stereocenters. The first-order chi connectivity index (χ1) is 4.13. The monoisotopic (exact) mass is 212 g/mol. The van der Waals surface area contributed by atoms with Gasteiger partial charge < -0.3 is 21.2 Å². The zero-order chi connectivity index (χ0) is 7.28. The van der Waals surface area contributed by atoms with Gasteiger partial charge in [-0.15, -0.1) is 0 Å². The van der Waals surface area contributed by atoms with Gasteiger partial charge in [-0.05, 0) is 6.42 Å². The maximum absolute atomic E-state index is 9.79. The van der Waals surface area contributed by atoms with E-state index in [1.165, 1.54) is 0 Å². The van der Waals surface area contributed by atoms with E-state index in [1.54, 1.807) is 0 Å². The number of rotatable bonds is 4. The van der Waals surface area contributed by atoms with E-state index in [0.717, 1.165) is 0 Å². The fraction of sp³-hybridized carbons (Fsp3) is 0.600. The number of carboxylic acids is 2. The SMILES string of the molecule is O=C(O)CCCC(=O)O.[O-2].[O-2].[Ti+4]. The van der Waals surface area contributed by atoms with Gasteiger partial charge in [0.25, 0.3) is 0 Å². The van der Waals surface area contributed by atoms with E-state index in [4.69, 9.17) is 10.2 Å². The molecule has 0 bridgehead atoms. The van der Waals surface area contributed by atoms with Crippen molar-refractivity contribution in [2.45, 2.75) is 19.3 Å². The zero-order valence-electron chi connectivity index (χ0n) is 6.15. The van der Waals surface area contributed by atoms with Crippen LogP contribution in [0.4, 0.5) is 0 Å². The van der Waals surface area contributed by atoms with Crippen LogP contribution < -0.4 is 0 Å². The third kappa shape index (κ3) is 22.7. The average Bonchev–Trinajstić information content (AvgIpc) is 1.63. The number of carbonyl (C=O) groups is 2. The van der Waals surface area contributed by atoms with Gasteiger partial charge in [-0.1, -0.05) is 0 Å². The zero-order valence-corrected chi connectivity index (χ0v) is 7.71. The standard InChI is InChI=1S/C5H8O4.2O.Ti/c6-4(7)2-1-3-5(8)9;;;/h1-3H2,(H,6,7)(H,8,9);;;/q;2*-2;+4. The molecule has 0 amide bonds. The molecule has 2 N–H and O–H groups in total. The molecule has 0 aliphatic rings. The fourth-order valence-electron chi connectivity index (χ4n) is 0.391. The maximum atomic E-state index is 9.79. The van der Waals surface area contributed by atoms with Crippen LogP contribution in [0.5, 0.6) is 0 Å². The van der Waals surface area contributed by atoms with Crippen molar-refractivity contribution in [3.63, 3.8) is 0 Å². The number of hydrogen-bond donors (Lipinski definition) is 2. The Kier molecular flexibility index (Phi) is 24.8. The van der Waals surface area contributed by atoms with Crippen molar-refractivity contribution in [3.8, 4) is 0 Å². The molecule has 0 fully saturated rings. The van der Waals surface area contributed by atoms with Crippen molar-refractivity contribution in [2.75, 3.05) is 0 Å². The number of aliphatic carboxylic acids is 2. The Morgan fingerprint density at radius 3 is 1.33 bits per heavy atom. The summed E-state index contributed by atoms with van der Waals surface area (Å²) in [5, 5.41) is 16.1. The van der Waals surface area contributed by atoms with Crippen molar-refractivity contribution in [2.24, 2.45) is 0 Å². The minimum absolute atomic E-state index is 0. The van der Waals surface area contributed by atoms with E-state index in [1.807, 2.05) is 0 Å². The van der Waals surface area contributed by atoms with E-state index in [0.29, 0.717) is 0 Å². The normalized spacial score (nSPS) is 6.67. The fourth-order valence-corrected chi connectivity index (χ4v) is 0.391. The minimum atomic E-state index is -0.948. The molecule has 0 atom stereocenters. The van der Waals surface area contributed by atoms with Gasteiger partial charge in [0.15, 0.2) is 0 Å². The van der Waals surface area contributed by atoms with E-state index in [2.05, 4.69) is 0 Å². The maximum Gasteiger partial charge on any atom is 4.00 e. The molecule has 0 saturated carbocycles. The molecule has 0 spiro atoms. The largest absolute Gasteiger partial charge is 4.00 e. The predicted octanol–water partition coefficient (Wildman–Crippen LogP) is 0.0858. The second-order valence-electron chi connectivity index (χ2n) is 1.64. The van der Waals surface area contributed by atoms with E-state index < -0.39 is 11.9 Å². The summed E-state index contributed by atoms with van der Waals surface area (Å²) in [5.41, 5.74) is 0. The molecule has 0 aromatic carbocycles. The minimum Gasteiger partial charge on any atom is -2.00 e. The van der Waals surface area contributed by atoms with Crippen LogP contribution in [-0.4, -0.2) is 22.2 Å². The van der Waals surface area contributed by atoms with Crippen LogP contribution in [0.25, 0.3) is 0 Å². The van der Waals surface area contributed by atoms with Crippen LogP contribution in [0.3, 0.4) is 0 Å². The quantitative estimate of drug-likeness (QED) is 0.638. The van der Waals surface area contributed by atoms with Crippen LogP contribution in [0.2, 0.25) is 0 Å². The van der Waals surface area contributed by atoms with Crippen LogP contribution >= 0.6 is 0 Å². The molecule has 0 aliphatic heterocycles. The van der Waals surface area contributed by atoms with Crippen molar-refractivity contribution in [3.05, 3.63) is 0 Å². The molecule has 0 radical (unpaired) electrons. The van der Waals surface area contributed by atoms with Crippen molar-refractivity contribution in [1.29, 1.82) is 0 Å². The second-order valence-corrected chi connectivity index (χ2v) is 1.64. The average molecular weight is 212 g/mol. The van der Waals surface area contributed by atoms with Gasteiger partial charge in [0.1, 0.15) is 0 Å². The number of carboxylic acid groups (broad SMARTS) is 2. The molecule has 12 heavy (non-hydrogen) atoms. The summed E-state index contributed by atoms with van der Waals surface area (Å²) in [6.45, 7) is 0. The molecular weight excluding hydrogens is 204 g/mol. The summed E-state index contributed by atoms with van der Waals surface area (Å²) in [7, 11) is 0. The Morgan fingerprint density at radius 1 is 0.917 bits per heavy atom. The Bertz CT molecular complexity index is 111. The molecule has 6 nitrogen and oxygen atoms in total. The number of hydrogen-bond acceptors (Lipinski definition) is 2. The molecule has 0 heterocycles. The van der Waals surface area contributed by atoms with Gasteiger partial charge in [0, 0.05) is 12.8 Å². The summed E-state index contributed by atoms with van der Waals surface area (Å²) in [5.74, 6) is -1.90. The van der Waals surface area contributed by atoms with Crippen LogP contribution in [0.1, 0.15) is 19.3 Å². The molecular formula is C5H8O6Ti. The first kappa shape index (κ1) is 22.6. The van der Waals surface area contributed by atoms with E-state index in [-0.39, 0.29) is 51.9 Å². The van der Waals surface area contributed by atoms with Gasteiger partial charge in [-0.25, -0.2) is 0 Å². The van der Waals surface area contributed by atoms with Gasteiger partial charge in [-0.2, -0.15) is 0 Å². The third-order valence-electron chi connectivity index (χ3n) is 0.781. The first-order valence-corrected chi connectivity index (χ1v) is 2.56. The van der Waals surface area contributed by atoms with Crippen LogP contribution in [0, 0.1) is 0 Å². The van der Waals surface area contributed by atoms with Gasteiger partial charge in [0.05, 0.1) is 0 Å². The third-order valence-corrected chi connectivity index (χ3v) is 0.781. The predicted molar refractivity (Wildman–Crippen MR) is 30.5 cm³/mol. The summed E-state index contributed by atoms with van der Waals surface area (Å²) in [6.07, 6.45) is 0.0866. The Labute approximate surface area is 84.1 Å². The molecule has 0 rings (SSSR count). The summed E-state index contributed by atoms with van der Waals surface area (Å²) in [6, 6.07) is 0. The molecule has 0 aromatic heterocycles. The summed E-state index contributed by atoms with van der Waals surface area (Å²) in [4.78, 5) is 19.6. The molecule has 68 valence electrons. The summed E-state index contributed by atoms with van der Waals surface area (Å²) < 4.78 is 0. The Morgan fingerprint density at radius 2 is 1.17 bits per heavy atom. The van der Waals surface area contributed by atoms with Crippen LogP contribution in [0.15, 0.2) is 0 Å². The molecule has 0 aromatic rings. The Balaban J connectivity index is -0.000000107.